The zero-order valence-corrected chi connectivity index (χ0v) is 15.3. The average Bonchev–Trinajstić information content (AvgIpc) is 2.65. The molecule has 2 aromatic rings. The number of primary amides is 1. The van der Waals surface area contributed by atoms with Crippen LogP contribution in [0.15, 0.2) is 36.5 Å². The molecule has 1 heterocycles. The molecule has 0 spiro atoms. The third-order valence-corrected chi connectivity index (χ3v) is 4.93. The predicted molar refractivity (Wildman–Crippen MR) is 101 cm³/mol. The normalized spacial score (nSPS) is 19.3. The molecular weight excluding hydrogens is 371 g/mol. The Hall–Kier alpha value is -2.67. The number of nitrogens with zero attached hydrogens (tertiary/aromatic N) is 1. The Labute approximate surface area is 161 Å². The molecule has 1 fully saturated rings. The molecule has 0 radical (unpaired) electrons. The van der Waals surface area contributed by atoms with E-state index in [0.717, 1.165) is 25.7 Å². The Morgan fingerprint density at radius 1 is 1.07 bits per heavy atom. The number of pyridine rings is 1. The molecule has 4 N–H and O–H groups in total. The summed E-state index contributed by atoms with van der Waals surface area (Å²) in [6, 6.07) is 7.39. The molecule has 1 aliphatic carbocycles. The molecule has 0 unspecified atom stereocenters. The first kappa shape index (κ1) is 19.1. The third-order valence-electron chi connectivity index (χ3n) is 4.64. The lowest BCUT2D eigenvalue weighted by atomic mass is 9.91. The van der Waals surface area contributed by atoms with Gasteiger partial charge in [0.2, 0.25) is 5.91 Å². The number of hydrogen-bond acceptors (Lipinski definition) is 4. The lowest BCUT2D eigenvalue weighted by molar-refractivity contribution is 0.0925. The Balaban J connectivity index is 1.51. The maximum Gasteiger partial charge on any atom is 0.251 e. The number of carbonyl (C=O) groups excluding carboxylic acids is 2. The van der Waals surface area contributed by atoms with E-state index < -0.39 is 11.7 Å². The van der Waals surface area contributed by atoms with Crippen molar-refractivity contribution in [2.24, 2.45) is 5.73 Å². The summed E-state index contributed by atoms with van der Waals surface area (Å²) < 4.78 is 13.2. The van der Waals surface area contributed by atoms with E-state index in [1.807, 2.05) is 0 Å². The van der Waals surface area contributed by atoms with Crippen molar-refractivity contribution in [2.45, 2.75) is 37.8 Å². The Kier molecular flexibility index (Phi) is 5.91. The average molecular weight is 391 g/mol. The third kappa shape index (κ3) is 4.95. The monoisotopic (exact) mass is 390 g/mol. The topological polar surface area (TPSA) is 97.1 Å². The molecule has 1 aromatic heterocycles. The van der Waals surface area contributed by atoms with Crippen molar-refractivity contribution in [2.75, 3.05) is 5.32 Å². The second-order valence-electron chi connectivity index (χ2n) is 6.59. The molecule has 27 heavy (non-hydrogen) atoms. The van der Waals surface area contributed by atoms with Crippen LogP contribution in [0.4, 0.5) is 10.2 Å². The maximum absolute atomic E-state index is 13.2. The fraction of sp³-hybridized carbons (Fsp3) is 0.316. The van der Waals surface area contributed by atoms with E-state index in [1.54, 1.807) is 18.3 Å². The summed E-state index contributed by atoms with van der Waals surface area (Å²) in [5, 5.41) is 6.20. The molecular formula is C19H20ClFN4O2. The van der Waals surface area contributed by atoms with Crippen LogP contribution in [0.2, 0.25) is 5.02 Å². The minimum absolute atomic E-state index is 0.0456. The molecule has 142 valence electrons. The number of halogens is 2. The van der Waals surface area contributed by atoms with Gasteiger partial charge in [0.1, 0.15) is 11.6 Å². The molecule has 0 bridgehead atoms. The summed E-state index contributed by atoms with van der Waals surface area (Å²) in [5.74, 6) is -0.689. The molecule has 2 amide bonds. The molecule has 1 aliphatic rings. The number of benzene rings is 1. The Morgan fingerprint density at radius 2 is 1.78 bits per heavy atom. The fourth-order valence-corrected chi connectivity index (χ4v) is 3.34. The van der Waals surface area contributed by atoms with Gasteiger partial charge in [-0.2, -0.15) is 0 Å². The van der Waals surface area contributed by atoms with Crippen LogP contribution >= 0.6 is 11.6 Å². The second kappa shape index (κ2) is 8.35. The highest BCUT2D eigenvalue weighted by Crippen LogP contribution is 2.23. The highest BCUT2D eigenvalue weighted by molar-refractivity contribution is 6.31. The maximum atomic E-state index is 13.2. The summed E-state index contributed by atoms with van der Waals surface area (Å²) >= 11 is 5.73. The highest BCUT2D eigenvalue weighted by Gasteiger charge is 2.23. The molecule has 1 saturated carbocycles. The smallest absolute Gasteiger partial charge is 0.251 e. The van der Waals surface area contributed by atoms with E-state index in [4.69, 9.17) is 17.3 Å². The van der Waals surface area contributed by atoms with Gasteiger partial charge >= 0.3 is 0 Å². The van der Waals surface area contributed by atoms with Crippen LogP contribution in [-0.2, 0) is 0 Å². The van der Waals surface area contributed by atoms with Gasteiger partial charge in [-0.25, -0.2) is 9.37 Å². The molecule has 3 rings (SSSR count). The summed E-state index contributed by atoms with van der Waals surface area (Å²) in [6.07, 6.45) is 4.83. The second-order valence-corrected chi connectivity index (χ2v) is 7.00. The van der Waals surface area contributed by atoms with Gasteiger partial charge in [0, 0.05) is 29.4 Å². The minimum atomic E-state index is -0.547. The van der Waals surface area contributed by atoms with Crippen molar-refractivity contribution in [1.29, 1.82) is 0 Å². The van der Waals surface area contributed by atoms with Crippen LogP contribution in [0.5, 0.6) is 0 Å². The number of nitrogens with one attached hydrogen (secondary N) is 2. The predicted octanol–water partition coefficient (Wildman–Crippen LogP) is 3.13. The van der Waals surface area contributed by atoms with Crippen LogP contribution in [-0.4, -0.2) is 28.9 Å². The molecule has 1 aromatic carbocycles. The van der Waals surface area contributed by atoms with Crippen molar-refractivity contribution >= 4 is 29.2 Å². The van der Waals surface area contributed by atoms with Crippen LogP contribution in [0.25, 0.3) is 0 Å². The molecule has 0 saturated heterocycles. The lowest BCUT2D eigenvalue weighted by Gasteiger charge is -2.30. The SMILES string of the molecule is NC(=O)c1ccnc(NC2CCC(NC(=O)c3ccc(F)c(Cl)c3)CC2)c1. The van der Waals surface area contributed by atoms with Gasteiger partial charge in [-0.1, -0.05) is 11.6 Å². The van der Waals surface area contributed by atoms with Gasteiger partial charge in [-0.3, -0.25) is 9.59 Å². The van der Waals surface area contributed by atoms with Gasteiger partial charge in [0.05, 0.1) is 5.02 Å². The first-order chi connectivity index (χ1) is 12.9. The highest BCUT2D eigenvalue weighted by atomic mass is 35.5. The van der Waals surface area contributed by atoms with Crippen molar-refractivity contribution in [3.05, 3.63) is 58.5 Å². The molecule has 0 atom stereocenters. The number of nitrogens with two attached hydrogens (primary N) is 1. The number of aromatic nitrogens is 1. The zero-order chi connectivity index (χ0) is 19.4. The quantitative estimate of drug-likeness (QED) is 0.730. The molecule has 0 aliphatic heterocycles. The summed E-state index contributed by atoms with van der Waals surface area (Å²) in [5.41, 5.74) is 6.03. The molecule has 6 nitrogen and oxygen atoms in total. The Morgan fingerprint density at radius 3 is 2.44 bits per heavy atom. The van der Waals surface area contributed by atoms with Gasteiger partial charge in [-0.05, 0) is 56.0 Å². The number of anilines is 1. The summed E-state index contributed by atoms with van der Waals surface area (Å²) in [6.45, 7) is 0. The van der Waals surface area contributed by atoms with Crippen molar-refractivity contribution < 1.29 is 14.0 Å². The van der Waals surface area contributed by atoms with Crippen LogP contribution in [0.3, 0.4) is 0 Å². The van der Waals surface area contributed by atoms with E-state index >= 15 is 0 Å². The van der Waals surface area contributed by atoms with Crippen LogP contribution in [0, 0.1) is 5.82 Å². The first-order valence-electron chi connectivity index (χ1n) is 8.70. The van der Waals surface area contributed by atoms with E-state index in [0.29, 0.717) is 16.9 Å². The number of carbonyl (C=O) groups is 2. The number of amides is 2. The lowest BCUT2D eigenvalue weighted by Crippen LogP contribution is -2.40. The molecule has 8 heteroatoms. The Bertz CT molecular complexity index is 853. The van der Waals surface area contributed by atoms with E-state index in [-0.39, 0.29) is 23.0 Å². The van der Waals surface area contributed by atoms with Crippen molar-refractivity contribution in [3.8, 4) is 0 Å². The standard InChI is InChI=1S/C19H20ClFN4O2/c20-15-9-12(1-6-16(15)21)19(27)25-14-4-2-13(3-5-14)24-17-10-11(18(22)26)7-8-23-17/h1,6-10,13-14H,2-5H2,(H2,22,26)(H,23,24)(H,25,27). The van der Waals surface area contributed by atoms with Gasteiger partial charge < -0.3 is 16.4 Å². The van der Waals surface area contributed by atoms with E-state index in [1.165, 1.54) is 18.2 Å². The zero-order valence-electron chi connectivity index (χ0n) is 14.5. The summed E-state index contributed by atoms with van der Waals surface area (Å²) in [7, 11) is 0. The fourth-order valence-electron chi connectivity index (χ4n) is 3.16. The number of hydrogen-bond donors (Lipinski definition) is 3. The van der Waals surface area contributed by atoms with Gasteiger partial charge in [0.25, 0.3) is 5.91 Å². The largest absolute Gasteiger partial charge is 0.367 e. The van der Waals surface area contributed by atoms with Crippen LogP contribution < -0.4 is 16.4 Å². The number of rotatable bonds is 5. The summed E-state index contributed by atoms with van der Waals surface area (Å²) in [4.78, 5) is 27.7. The van der Waals surface area contributed by atoms with Crippen LogP contribution in [0.1, 0.15) is 46.4 Å². The van der Waals surface area contributed by atoms with Gasteiger partial charge in [0.15, 0.2) is 0 Å². The van der Waals surface area contributed by atoms with Crippen molar-refractivity contribution in [1.82, 2.24) is 10.3 Å². The first-order valence-corrected chi connectivity index (χ1v) is 9.08. The minimum Gasteiger partial charge on any atom is -0.367 e. The van der Waals surface area contributed by atoms with Gasteiger partial charge in [-0.15, -0.1) is 0 Å². The van der Waals surface area contributed by atoms with E-state index in [2.05, 4.69) is 15.6 Å². The van der Waals surface area contributed by atoms with Crippen molar-refractivity contribution in [3.63, 3.8) is 0 Å². The van der Waals surface area contributed by atoms with E-state index in [9.17, 15) is 14.0 Å².